The highest BCUT2D eigenvalue weighted by Crippen LogP contribution is 2.27. The normalized spacial score (nSPS) is 14.6. The molecule has 0 radical (unpaired) electrons. The summed E-state index contributed by atoms with van der Waals surface area (Å²) in [4.78, 5) is 12.8. The van der Waals surface area contributed by atoms with E-state index in [2.05, 4.69) is 37.4 Å². The predicted molar refractivity (Wildman–Crippen MR) is 107 cm³/mol. The van der Waals surface area contributed by atoms with Gasteiger partial charge in [0, 0.05) is 5.69 Å². The average Bonchev–Trinajstić information content (AvgIpc) is 2.66. The quantitative estimate of drug-likeness (QED) is 0.748. The average molecular weight is 351 g/mol. The number of fused-ring (bicyclic) bond motifs is 1. The minimum Gasteiger partial charge on any atom is -0.481 e. The summed E-state index contributed by atoms with van der Waals surface area (Å²) in [6.07, 6.45) is 4.91. The Balaban J connectivity index is 1.72. The van der Waals surface area contributed by atoms with E-state index in [0.29, 0.717) is 12.3 Å². The van der Waals surface area contributed by atoms with Crippen LogP contribution >= 0.6 is 0 Å². The summed E-state index contributed by atoms with van der Waals surface area (Å²) in [5, 5.41) is 3.06. The smallest absolute Gasteiger partial charge is 0.265 e. The van der Waals surface area contributed by atoms with Gasteiger partial charge in [0.05, 0.1) is 0 Å². The zero-order chi connectivity index (χ0) is 18.5. The molecule has 0 saturated carbocycles. The summed E-state index contributed by atoms with van der Waals surface area (Å²) >= 11 is 0. The molecule has 0 saturated heterocycles. The molecule has 3 nitrogen and oxygen atoms in total. The molecule has 138 valence electrons. The number of carbonyl (C=O) groups excluding carboxylic acids is 1. The Labute approximate surface area is 156 Å². The van der Waals surface area contributed by atoms with E-state index < -0.39 is 6.10 Å². The molecule has 0 bridgehead atoms. The highest BCUT2D eigenvalue weighted by atomic mass is 16.5. The summed E-state index contributed by atoms with van der Waals surface area (Å²) in [5.74, 6) is 1.07. The molecule has 1 aliphatic rings. The van der Waals surface area contributed by atoms with Crippen molar-refractivity contribution in [2.45, 2.75) is 64.9 Å². The van der Waals surface area contributed by atoms with Crippen LogP contribution in [0.15, 0.2) is 42.5 Å². The number of amides is 1. The number of nitrogens with one attached hydrogen (secondary N) is 1. The molecule has 3 rings (SSSR count). The topological polar surface area (TPSA) is 38.3 Å². The van der Waals surface area contributed by atoms with Crippen LogP contribution < -0.4 is 10.1 Å². The summed E-state index contributed by atoms with van der Waals surface area (Å²) in [6, 6.07) is 14.3. The fraction of sp³-hybridized carbons (Fsp3) is 0.435. The van der Waals surface area contributed by atoms with Crippen LogP contribution in [0.1, 0.15) is 62.6 Å². The van der Waals surface area contributed by atoms with Gasteiger partial charge in [0.15, 0.2) is 6.10 Å². The van der Waals surface area contributed by atoms with E-state index in [1.165, 1.54) is 24.0 Å². The van der Waals surface area contributed by atoms with E-state index in [0.717, 1.165) is 29.8 Å². The Hall–Kier alpha value is -2.29. The van der Waals surface area contributed by atoms with Crippen molar-refractivity contribution in [1.29, 1.82) is 0 Å². The van der Waals surface area contributed by atoms with Gasteiger partial charge in [0.25, 0.3) is 5.91 Å². The number of anilines is 1. The molecule has 3 heteroatoms. The third-order valence-electron chi connectivity index (χ3n) is 5.10. The van der Waals surface area contributed by atoms with Crippen LogP contribution in [0.2, 0.25) is 0 Å². The first-order valence-electron chi connectivity index (χ1n) is 9.76. The van der Waals surface area contributed by atoms with Gasteiger partial charge in [0.1, 0.15) is 5.75 Å². The van der Waals surface area contributed by atoms with Crippen LogP contribution in [0, 0.1) is 0 Å². The summed E-state index contributed by atoms with van der Waals surface area (Å²) in [6.45, 7) is 6.24. The van der Waals surface area contributed by atoms with Crippen LogP contribution in [-0.4, -0.2) is 12.0 Å². The lowest BCUT2D eigenvalue weighted by molar-refractivity contribution is -0.122. The molecule has 2 aromatic carbocycles. The van der Waals surface area contributed by atoms with Crippen molar-refractivity contribution >= 4 is 11.6 Å². The third kappa shape index (κ3) is 4.27. The molecule has 0 aliphatic heterocycles. The minimum atomic E-state index is -0.489. The van der Waals surface area contributed by atoms with Crippen LogP contribution in [0.5, 0.6) is 5.75 Å². The van der Waals surface area contributed by atoms with Gasteiger partial charge in [-0.05, 0) is 72.9 Å². The first-order valence-corrected chi connectivity index (χ1v) is 9.76. The molecule has 1 unspecified atom stereocenters. The van der Waals surface area contributed by atoms with Crippen molar-refractivity contribution in [1.82, 2.24) is 0 Å². The molecule has 0 fully saturated rings. The third-order valence-corrected chi connectivity index (χ3v) is 5.10. The fourth-order valence-electron chi connectivity index (χ4n) is 3.60. The lowest BCUT2D eigenvalue weighted by Crippen LogP contribution is -2.32. The maximum absolute atomic E-state index is 12.8. The second kappa shape index (κ2) is 8.39. The Morgan fingerprint density at radius 1 is 1.08 bits per heavy atom. The number of rotatable bonds is 6. The molecule has 1 amide bonds. The van der Waals surface area contributed by atoms with Gasteiger partial charge in [-0.25, -0.2) is 0 Å². The van der Waals surface area contributed by atoms with Crippen molar-refractivity contribution < 1.29 is 9.53 Å². The zero-order valence-corrected chi connectivity index (χ0v) is 16.0. The number of aryl methyl sites for hydroxylation is 2. The van der Waals surface area contributed by atoms with Gasteiger partial charge >= 0.3 is 0 Å². The van der Waals surface area contributed by atoms with Crippen molar-refractivity contribution in [2.75, 3.05) is 5.32 Å². The highest BCUT2D eigenvalue weighted by Gasteiger charge is 2.21. The van der Waals surface area contributed by atoms with Crippen molar-refractivity contribution in [3.05, 3.63) is 59.2 Å². The van der Waals surface area contributed by atoms with Gasteiger partial charge in [-0.3, -0.25) is 4.79 Å². The maximum atomic E-state index is 12.8. The first-order chi connectivity index (χ1) is 12.6. The second-order valence-corrected chi connectivity index (χ2v) is 7.38. The van der Waals surface area contributed by atoms with Gasteiger partial charge in [-0.2, -0.15) is 0 Å². The number of carbonyl (C=O) groups is 1. The van der Waals surface area contributed by atoms with Gasteiger partial charge in [0.2, 0.25) is 0 Å². The molecule has 1 aliphatic carbocycles. The molecule has 0 aromatic heterocycles. The van der Waals surface area contributed by atoms with Crippen LogP contribution in [0.4, 0.5) is 5.69 Å². The van der Waals surface area contributed by atoms with Crippen LogP contribution in [0.3, 0.4) is 0 Å². The van der Waals surface area contributed by atoms with E-state index in [-0.39, 0.29) is 5.91 Å². The van der Waals surface area contributed by atoms with E-state index in [1.54, 1.807) is 0 Å². The standard InChI is InChI=1S/C23H29NO2/c1-4-22(23(25)24-21-12-8-7-11-20(21)16(2)3)26-19-14-13-17-9-5-6-10-18(17)15-19/h7-8,11-16,22H,4-6,9-10H2,1-3H3,(H,24,25). The van der Waals surface area contributed by atoms with Crippen molar-refractivity contribution in [2.24, 2.45) is 0 Å². The van der Waals surface area contributed by atoms with Gasteiger partial charge < -0.3 is 10.1 Å². The zero-order valence-electron chi connectivity index (χ0n) is 16.0. The van der Waals surface area contributed by atoms with Gasteiger partial charge in [-0.1, -0.05) is 45.0 Å². The maximum Gasteiger partial charge on any atom is 0.265 e. The number of ether oxygens (including phenoxy) is 1. The number of hydrogen-bond acceptors (Lipinski definition) is 2. The second-order valence-electron chi connectivity index (χ2n) is 7.38. The summed E-state index contributed by atoms with van der Waals surface area (Å²) in [5.41, 5.74) is 4.81. The molecule has 26 heavy (non-hydrogen) atoms. The highest BCUT2D eigenvalue weighted by molar-refractivity contribution is 5.95. The van der Waals surface area contributed by atoms with Crippen molar-refractivity contribution in [3.8, 4) is 5.75 Å². The molecule has 2 aromatic rings. The van der Waals surface area contributed by atoms with Crippen LogP contribution in [-0.2, 0) is 17.6 Å². The monoisotopic (exact) mass is 351 g/mol. The molecular formula is C23H29NO2. The Morgan fingerprint density at radius 3 is 2.54 bits per heavy atom. The Bertz CT molecular complexity index is 767. The van der Waals surface area contributed by atoms with E-state index in [4.69, 9.17) is 4.74 Å². The number of benzene rings is 2. The molecule has 0 heterocycles. The summed E-state index contributed by atoms with van der Waals surface area (Å²) in [7, 11) is 0. The SMILES string of the molecule is CCC(Oc1ccc2c(c1)CCCC2)C(=O)Nc1ccccc1C(C)C. The molecule has 1 N–H and O–H groups in total. The van der Waals surface area contributed by atoms with E-state index >= 15 is 0 Å². The predicted octanol–water partition coefficient (Wildman–Crippen LogP) is 5.48. The first kappa shape index (κ1) is 18.5. The summed E-state index contributed by atoms with van der Waals surface area (Å²) < 4.78 is 6.05. The van der Waals surface area contributed by atoms with Crippen LogP contribution in [0.25, 0.3) is 0 Å². The lowest BCUT2D eigenvalue weighted by atomic mass is 9.92. The van der Waals surface area contributed by atoms with Gasteiger partial charge in [-0.15, -0.1) is 0 Å². The minimum absolute atomic E-state index is 0.0849. The van der Waals surface area contributed by atoms with Crippen molar-refractivity contribution in [3.63, 3.8) is 0 Å². The number of hydrogen-bond donors (Lipinski definition) is 1. The Morgan fingerprint density at radius 2 is 1.81 bits per heavy atom. The largest absolute Gasteiger partial charge is 0.481 e. The fourth-order valence-corrected chi connectivity index (χ4v) is 3.60. The Kier molecular flexibility index (Phi) is 5.97. The molecule has 0 spiro atoms. The molecule has 1 atom stereocenters. The lowest BCUT2D eigenvalue weighted by Gasteiger charge is -2.21. The number of para-hydroxylation sites is 1. The van der Waals surface area contributed by atoms with E-state index in [1.807, 2.05) is 31.2 Å². The van der Waals surface area contributed by atoms with E-state index in [9.17, 15) is 4.79 Å². The molecular weight excluding hydrogens is 322 g/mol.